The second-order valence-electron chi connectivity index (χ2n) is 6.12. The van der Waals surface area contributed by atoms with Gasteiger partial charge in [-0.25, -0.2) is 4.68 Å². The van der Waals surface area contributed by atoms with Crippen molar-refractivity contribution in [2.75, 3.05) is 6.61 Å². The van der Waals surface area contributed by atoms with Crippen LogP contribution in [0.3, 0.4) is 0 Å². The van der Waals surface area contributed by atoms with Gasteiger partial charge in [0.1, 0.15) is 5.69 Å². The minimum absolute atomic E-state index is 0.0854. The molecule has 0 aliphatic rings. The number of hydrogen-bond acceptors (Lipinski definition) is 3. The van der Waals surface area contributed by atoms with E-state index in [2.05, 4.69) is 18.9 Å². The Kier molecular flexibility index (Phi) is 5.59. The van der Waals surface area contributed by atoms with Crippen molar-refractivity contribution in [2.45, 2.75) is 47.6 Å². The van der Waals surface area contributed by atoms with Crippen LogP contribution in [0.2, 0.25) is 0 Å². The van der Waals surface area contributed by atoms with Gasteiger partial charge >= 0.3 is 0 Å². The first-order valence-corrected chi connectivity index (χ1v) is 8.32. The zero-order chi connectivity index (χ0) is 17.0. The summed E-state index contributed by atoms with van der Waals surface area (Å²) in [5.74, 6) is 1.08. The summed E-state index contributed by atoms with van der Waals surface area (Å²) in [7, 11) is 0. The molecule has 0 saturated heterocycles. The number of nitrogens with zero attached hydrogens (tertiary/aromatic N) is 2. The molecule has 4 heteroatoms. The summed E-state index contributed by atoms with van der Waals surface area (Å²) in [6, 6.07) is 7.93. The molecule has 0 N–H and O–H groups in total. The van der Waals surface area contributed by atoms with Gasteiger partial charge in [-0.3, -0.25) is 4.79 Å². The Labute approximate surface area is 138 Å². The Balaban J connectivity index is 2.81. The summed E-state index contributed by atoms with van der Waals surface area (Å²) in [5.41, 5.74) is 3.40. The van der Waals surface area contributed by atoms with Crippen LogP contribution >= 0.6 is 0 Å². The molecule has 0 bridgehead atoms. The van der Waals surface area contributed by atoms with Gasteiger partial charge in [0.15, 0.2) is 5.75 Å². The SMILES string of the molecule is CCOc1c(CC(C)C)nn(CC)c(=O)c1-c1ccccc1C. The Hall–Kier alpha value is -2.10. The van der Waals surface area contributed by atoms with Crippen LogP contribution in [0.25, 0.3) is 11.1 Å². The van der Waals surface area contributed by atoms with Crippen LogP contribution in [0.4, 0.5) is 0 Å². The maximum atomic E-state index is 12.9. The second-order valence-corrected chi connectivity index (χ2v) is 6.12. The molecule has 0 atom stereocenters. The van der Waals surface area contributed by atoms with E-state index < -0.39 is 0 Å². The van der Waals surface area contributed by atoms with Gasteiger partial charge < -0.3 is 4.74 Å². The molecule has 2 aromatic rings. The molecule has 1 aromatic heterocycles. The summed E-state index contributed by atoms with van der Waals surface area (Å²) in [6.45, 7) is 11.2. The van der Waals surface area contributed by atoms with E-state index in [1.54, 1.807) is 4.68 Å². The molecule has 2 rings (SSSR count). The highest BCUT2D eigenvalue weighted by Crippen LogP contribution is 2.32. The second kappa shape index (κ2) is 7.44. The molecular formula is C19H26N2O2. The lowest BCUT2D eigenvalue weighted by atomic mass is 9.98. The first-order chi connectivity index (χ1) is 11.0. The zero-order valence-electron chi connectivity index (χ0n) is 14.7. The van der Waals surface area contributed by atoms with Gasteiger partial charge in [0.25, 0.3) is 5.56 Å². The molecule has 23 heavy (non-hydrogen) atoms. The van der Waals surface area contributed by atoms with E-state index in [0.29, 0.717) is 30.4 Å². The van der Waals surface area contributed by atoms with Gasteiger partial charge in [0.05, 0.1) is 12.2 Å². The van der Waals surface area contributed by atoms with Crippen molar-refractivity contribution in [1.82, 2.24) is 9.78 Å². The van der Waals surface area contributed by atoms with Gasteiger partial charge in [-0.1, -0.05) is 38.1 Å². The Bertz CT molecular complexity index is 733. The van der Waals surface area contributed by atoms with Crippen LogP contribution in [0.5, 0.6) is 5.75 Å². The lowest BCUT2D eigenvalue weighted by Crippen LogP contribution is -2.27. The lowest BCUT2D eigenvalue weighted by molar-refractivity contribution is 0.329. The highest BCUT2D eigenvalue weighted by Gasteiger charge is 2.21. The van der Waals surface area contributed by atoms with Crippen molar-refractivity contribution < 1.29 is 4.74 Å². The molecule has 1 aromatic carbocycles. The third-order valence-corrected chi connectivity index (χ3v) is 3.78. The normalized spacial score (nSPS) is 11.0. The summed E-state index contributed by atoms with van der Waals surface area (Å²) in [4.78, 5) is 12.9. The van der Waals surface area contributed by atoms with Gasteiger partial charge in [-0.05, 0) is 44.2 Å². The fourth-order valence-electron chi connectivity index (χ4n) is 2.73. The van der Waals surface area contributed by atoms with Gasteiger partial charge in [-0.2, -0.15) is 5.10 Å². The van der Waals surface area contributed by atoms with Crippen molar-refractivity contribution in [1.29, 1.82) is 0 Å². The van der Waals surface area contributed by atoms with Crippen LogP contribution in [-0.2, 0) is 13.0 Å². The van der Waals surface area contributed by atoms with E-state index in [9.17, 15) is 4.79 Å². The molecule has 0 aliphatic heterocycles. The van der Waals surface area contributed by atoms with Crippen LogP contribution < -0.4 is 10.3 Å². The monoisotopic (exact) mass is 314 g/mol. The number of aromatic nitrogens is 2. The maximum Gasteiger partial charge on any atom is 0.278 e. The third kappa shape index (κ3) is 3.63. The molecule has 0 unspecified atom stereocenters. The van der Waals surface area contributed by atoms with E-state index in [4.69, 9.17) is 4.74 Å². The predicted molar refractivity (Wildman–Crippen MR) is 94.1 cm³/mol. The van der Waals surface area contributed by atoms with Crippen molar-refractivity contribution in [3.63, 3.8) is 0 Å². The Morgan fingerprint density at radius 1 is 1.22 bits per heavy atom. The van der Waals surface area contributed by atoms with E-state index in [-0.39, 0.29) is 5.56 Å². The zero-order valence-corrected chi connectivity index (χ0v) is 14.7. The highest BCUT2D eigenvalue weighted by atomic mass is 16.5. The van der Waals surface area contributed by atoms with E-state index in [0.717, 1.165) is 23.2 Å². The van der Waals surface area contributed by atoms with E-state index in [1.807, 2.05) is 45.0 Å². The maximum absolute atomic E-state index is 12.9. The number of aryl methyl sites for hydroxylation is 2. The molecule has 0 aliphatic carbocycles. The predicted octanol–water partition coefficient (Wildman–Crippen LogP) is 3.84. The van der Waals surface area contributed by atoms with Gasteiger partial charge in [-0.15, -0.1) is 0 Å². The fourth-order valence-corrected chi connectivity index (χ4v) is 2.73. The topological polar surface area (TPSA) is 44.1 Å². The summed E-state index contributed by atoms with van der Waals surface area (Å²) in [6.07, 6.45) is 0.786. The van der Waals surface area contributed by atoms with E-state index in [1.165, 1.54) is 0 Å². The van der Waals surface area contributed by atoms with Crippen molar-refractivity contribution in [2.24, 2.45) is 5.92 Å². The van der Waals surface area contributed by atoms with Crippen LogP contribution in [0.1, 0.15) is 39.0 Å². The van der Waals surface area contributed by atoms with Crippen molar-refractivity contribution in [3.05, 3.63) is 45.9 Å². The lowest BCUT2D eigenvalue weighted by Gasteiger charge is -2.18. The molecule has 0 radical (unpaired) electrons. The standard InChI is InChI=1S/C19H26N2O2/c1-6-21-19(22)17(15-11-9-8-10-14(15)5)18(23-7-2)16(20-21)12-13(3)4/h8-11,13H,6-7,12H2,1-5H3. The van der Waals surface area contributed by atoms with Crippen LogP contribution in [0, 0.1) is 12.8 Å². The number of hydrogen-bond donors (Lipinski definition) is 0. The Morgan fingerprint density at radius 2 is 1.91 bits per heavy atom. The van der Waals surface area contributed by atoms with Gasteiger partial charge in [0.2, 0.25) is 0 Å². The number of benzene rings is 1. The fraction of sp³-hybridized carbons (Fsp3) is 0.474. The minimum Gasteiger partial charge on any atom is -0.491 e. The van der Waals surface area contributed by atoms with Crippen molar-refractivity contribution >= 4 is 0 Å². The van der Waals surface area contributed by atoms with Gasteiger partial charge in [0, 0.05) is 6.54 Å². The quantitative estimate of drug-likeness (QED) is 0.814. The molecule has 0 saturated carbocycles. The largest absolute Gasteiger partial charge is 0.491 e. The summed E-state index contributed by atoms with van der Waals surface area (Å²) < 4.78 is 7.43. The average molecular weight is 314 g/mol. The summed E-state index contributed by atoms with van der Waals surface area (Å²) >= 11 is 0. The number of ether oxygens (including phenoxy) is 1. The third-order valence-electron chi connectivity index (χ3n) is 3.78. The molecule has 4 nitrogen and oxygen atoms in total. The van der Waals surface area contributed by atoms with Crippen LogP contribution in [-0.4, -0.2) is 16.4 Å². The Morgan fingerprint density at radius 3 is 2.48 bits per heavy atom. The average Bonchev–Trinajstić information content (AvgIpc) is 2.51. The molecule has 0 amide bonds. The minimum atomic E-state index is -0.0854. The summed E-state index contributed by atoms with van der Waals surface area (Å²) in [5, 5.41) is 4.54. The van der Waals surface area contributed by atoms with Crippen molar-refractivity contribution in [3.8, 4) is 16.9 Å². The number of rotatable bonds is 6. The molecule has 124 valence electrons. The van der Waals surface area contributed by atoms with E-state index >= 15 is 0 Å². The molecular weight excluding hydrogens is 288 g/mol. The molecule has 0 fully saturated rings. The van der Waals surface area contributed by atoms with Crippen LogP contribution in [0.15, 0.2) is 29.1 Å². The highest BCUT2D eigenvalue weighted by molar-refractivity contribution is 5.73. The molecule has 1 heterocycles. The molecule has 0 spiro atoms. The first-order valence-electron chi connectivity index (χ1n) is 8.32. The smallest absolute Gasteiger partial charge is 0.278 e. The first kappa shape index (κ1) is 17.3.